The zero-order valence-corrected chi connectivity index (χ0v) is 15.4. The fourth-order valence-corrected chi connectivity index (χ4v) is 4.31. The van der Waals surface area contributed by atoms with Crippen LogP contribution in [0.2, 0.25) is 0 Å². The van der Waals surface area contributed by atoms with E-state index < -0.39 is 10.0 Å². The van der Waals surface area contributed by atoms with Gasteiger partial charge in [0.15, 0.2) is 0 Å². The van der Waals surface area contributed by atoms with Crippen LogP contribution in [0.15, 0.2) is 35.7 Å². The van der Waals surface area contributed by atoms with E-state index in [0.717, 1.165) is 12.0 Å². The Labute approximate surface area is 153 Å². The van der Waals surface area contributed by atoms with Crippen LogP contribution in [0.25, 0.3) is 6.08 Å². The molecule has 2 aliphatic heterocycles. The quantitative estimate of drug-likeness (QED) is 0.759. The van der Waals surface area contributed by atoms with Crippen LogP contribution in [0.5, 0.6) is 0 Å². The van der Waals surface area contributed by atoms with E-state index in [1.807, 2.05) is 30.3 Å². The Bertz CT molecular complexity index is 784. The maximum absolute atomic E-state index is 12.4. The lowest BCUT2D eigenvalue weighted by Crippen LogP contribution is -2.52. The molecule has 0 unspecified atom stereocenters. The van der Waals surface area contributed by atoms with Gasteiger partial charge in [0, 0.05) is 44.6 Å². The van der Waals surface area contributed by atoms with Crippen molar-refractivity contribution >= 4 is 27.9 Å². The van der Waals surface area contributed by atoms with Crippen molar-refractivity contribution in [3.05, 3.63) is 41.3 Å². The number of piperazine rings is 1. The van der Waals surface area contributed by atoms with Crippen molar-refractivity contribution in [3.63, 3.8) is 0 Å². The van der Waals surface area contributed by atoms with Gasteiger partial charge < -0.3 is 9.80 Å². The summed E-state index contributed by atoms with van der Waals surface area (Å²) in [5, 5.41) is 1.21. The summed E-state index contributed by atoms with van der Waals surface area (Å²) in [7, 11) is -3.51. The van der Waals surface area contributed by atoms with Crippen LogP contribution in [-0.2, 0) is 19.6 Å². The monoisotopic (exact) mass is 377 g/mol. The number of amides is 2. The van der Waals surface area contributed by atoms with Crippen LogP contribution >= 0.6 is 0 Å². The molecule has 3 rings (SSSR count). The van der Waals surface area contributed by atoms with Gasteiger partial charge in [-0.3, -0.25) is 9.59 Å². The largest absolute Gasteiger partial charge is 0.339 e. The van der Waals surface area contributed by atoms with Crippen molar-refractivity contribution in [2.75, 3.05) is 39.3 Å². The molecule has 0 radical (unpaired) electrons. The molecule has 0 aliphatic carbocycles. The van der Waals surface area contributed by atoms with Gasteiger partial charge in [0.2, 0.25) is 21.8 Å². The van der Waals surface area contributed by atoms with Gasteiger partial charge in [-0.25, -0.2) is 8.42 Å². The van der Waals surface area contributed by atoms with Crippen LogP contribution in [0.4, 0.5) is 0 Å². The highest BCUT2D eigenvalue weighted by molar-refractivity contribution is 7.92. The molecule has 0 atom stereocenters. The highest BCUT2D eigenvalue weighted by atomic mass is 32.2. The van der Waals surface area contributed by atoms with E-state index in [9.17, 15) is 18.0 Å². The highest BCUT2D eigenvalue weighted by Gasteiger charge is 2.29. The van der Waals surface area contributed by atoms with Crippen molar-refractivity contribution in [2.45, 2.75) is 12.8 Å². The highest BCUT2D eigenvalue weighted by Crippen LogP contribution is 2.13. The first-order chi connectivity index (χ1) is 12.5. The van der Waals surface area contributed by atoms with Gasteiger partial charge in [-0.15, -0.1) is 0 Å². The van der Waals surface area contributed by atoms with Crippen LogP contribution in [0.3, 0.4) is 0 Å². The molecule has 0 aromatic heterocycles. The number of sulfonamides is 1. The van der Waals surface area contributed by atoms with Crippen LogP contribution < -0.4 is 0 Å². The maximum Gasteiger partial charge on any atom is 0.242 e. The molecule has 2 heterocycles. The number of carbonyl (C=O) groups excluding carboxylic acids is 2. The summed E-state index contributed by atoms with van der Waals surface area (Å²) >= 11 is 0. The minimum atomic E-state index is -3.51. The summed E-state index contributed by atoms with van der Waals surface area (Å²) in [5.74, 6) is -0.0947. The number of hydrogen-bond acceptors (Lipinski definition) is 4. The number of carbonyl (C=O) groups is 2. The molecular formula is C18H23N3O4S. The van der Waals surface area contributed by atoms with E-state index in [2.05, 4.69) is 0 Å². The van der Waals surface area contributed by atoms with Gasteiger partial charge in [-0.05, 0) is 18.1 Å². The molecule has 0 N–H and O–H groups in total. The standard InChI is InChI=1S/C18H23N3O4S/c22-17-7-4-9-20(17)15-18(23)19-10-12-21(13-11-19)26(24,25)14-8-16-5-2-1-3-6-16/h1-3,5-6,8,14H,4,7,9-13,15H2. The molecule has 0 bridgehead atoms. The molecule has 1 aromatic rings. The SMILES string of the molecule is O=C(CN1CCCC1=O)N1CCN(S(=O)(=O)C=Cc2ccccc2)CC1. The van der Waals surface area contributed by atoms with Gasteiger partial charge in [0.05, 0.1) is 6.54 Å². The zero-order chi connectivity index (χ0) is 18.6. The number of likely N-dealkylation sites (tertiary alicyclic amines) is 1. The molecule has 2 aliphatic rings. The Morgan fingerprint density at radius 2 is 1.73 bits per heavy atom. The first kappa shape index (κ1) is 18.6. The average Bonchev–Trinajstić information content (AvgIpc) is 3.06. The third-order valence-corrected chi connectivity index (χ3v) is 6.25. The Hall–Kier alpha value is -2.19. The fourth-order valence-electron chi connectivity index (χ4n) is 3.14. The third-order valence-electron chi connectivity index (χ3n) is 4.68. The lowest BCUT2D eigenvalue weighted by atomic mass is 10.2. The lowest BCUT2D eigenvalue weighted by Gasteiger charge is -2.34. The van der Waals surface area contributed by atoms with E-state index in [-0.39, 0.29) is 31.4 Å². The molecule has 8 heteroatoms. The number of hydrogen-bond donors (Lipinski definition) is 0. The van der Waals surface area contributed by atoms with Crippen molar-refractivity contribution in [3.8, 4) is 0 Å². The van der Waals surface area contributed by atoms with Gasteiger partial charge in [0.25, 0.3) is 0 Å². The van der Waals surface area contributed by atoms with Crippen molar-refractivity contribution in [1.29, 1.82) is 0 Å². The smallest absolute Gasteiger partial charge is 0.242 e. The van der Waals surface area contributed by atoms with E-state index in [1.54, 1.807) is 15.9 Å². The Morgan fingerprint density at radius 3 is 2.35 bits per heavy atom. The van der Waals surface area contributed by atoms with E-state index in [0.29, 0.717) is 26.1 Å². The second kappa shape index (κ2) is 8.01. The first-order valence-corrected chi connectivity index (χ1v) is 10.2. The molecule has 0 spiro atoms. The van der Waals surface area contributed by atoms with Gasteiger partial charge in [-0.1, -0.05) is 30.3 Å². The average molecular weight is 377 g/mol. The summed E-state index contributed by atoms with van der Waals surface area (Å²) in [6.45, 7) is 1.95. The first-order valence-electron chi connectivity index (χ1n) is 8.74. The summed E-state index contributed by atoms with van der Waals surface area (Å²) < 4.78 is 26.3. The van der Waals surface area contributed by atoms with Crippen molar-refractivity contribution in [1.82, 2.24) is 14.1 Å². The molecule has 7 nitrogen and oxygen atoms in total. The maximum atomic E-state index is 12.4. The third kappa shape index (κ3) is 4.50. The van der Waals surface area contributed by atoms with Gasteiger partial charge in [-0.2, -0.15) is 4.31 Å². The number of nitrogens with zero attached hydrogens (tertiary/aromatic N) is 3. The van der Waals surface area contributed by atoms with Gasteiger partial charge >= 0.3 is 0 Å². The molecule has 26 heavy (non-hydrogen) atoms. The molecule has 2 fully saturated rings. The van der Waals surface area contributed by atoms with E-state index in [1.165, 1.54) is 9.71 Å². The van der Waals surface area contributed by atoms with Crippen molar-refractivity contribution in [2.24, 2.45) is 0 Å². The Balaban J connectivity index is 1.53. The minimum absolute atomic E-state index is 0.0191. The lowest BCUT2D eigenvalue weighted by molar-refractivity contribution is -0.139. The number of rotatable bonds is 5. The van der Waals surface area contributed by atoms with Gasteiger partial charge in [0.1, 0.15) is 0 Å². The van der Waals surface area contributed by atoms with Crippen molar-refractivity contribution < 1.29 is 18.0 Å². The van der Waals surface area contributed by atoms with E-state index in [4.69, 9.17) is 0 Å². The summed E-state index contributed by atoms with van der Waals surface area (Å²) in [6, 6.07) is 9.24. The van der Waals surface area contributed by atoms with Crippen LogP contribution in [-0.4, -0.2) is 73.6 Å². The molecule has 140 valence electrons. The van der Waals surface area contributed by atoms with E-state index >= 15 is 0 Å². The topological polar surface area (TPSA) is 78.0 Å². The second-order valence-electron chi connectivity index (χ2n) is 6.46. The van der Waals surface area contributed by atoms with Crippen LogP contribution in [0, 0.1) is 0 Å². The normalized spacial score (nSPS) is 19.5. The summed E-state index contributed by atoms with van der Waals surface area (Å²) in [5.41, 5.74) is 0.820. The predicted molar refractivity (Wildman–Crippen MR) is 98.4 cm³/mol. The predicted octanol–water partition coefficient (Wildman–Crippen LogP) is 0.754. The minimum Gasteiger partial charge on any atom is -0.339 e. The zero-order valence-electron chi connectivity index (χ0n) is 14.6. The molecule has 2 amide bonds. The Morgan fingerprint density at radius 1 is 1.04 bits per heavy atom. The summed E-state index contributed by atoms with van der Waals surface area (Å²) in [4.78, 5) is 27.2. The fraction of sp³-hybridized carbons (Fsp3) is 0.444. The number of benzene rings is 1. The molecule has 2 saturated heterocycles. The van der Waals surface area contributed by atoms with Crippen LogP contribution in [0.1, 0.15) is 18.4 Å². The summed E-state index contributed by atoms with van der Waals surface area (Å²) in [6.07, 6.45) is 2.88. The molecular weight excluding hydrogens is 354 g/mol. The molecule has 1 aromatic carbocycles. The second-order valence-corrected chi connectivity index (χ2v) is 8.28. The molecule has 0 saturated carbocycles. The Kier molecular flexibility index (Phi) is 5.73.